The highest BCUT2D eigenvalue weighted by atomic mass is 19.4. The molecule has 3 rings (SSSR count). The summed E-state index contributed by atoms with van der Waals surface area (Å²) in [4.78, 5) is 23.9. The maximum absolute atomic E-state index is 13.4. The fraction of sp³-hybridized carbons (Fsp3) is 0.310. The van der Waals surface area contributed by atoms with E-state index in [2.05, 4.69) is 0 Å². The monoisotopic (exact) mass is 530 g/mol. The number of rotatable bonds is 8. The van der Waals surface area contributed by atoms with Crippen molar-refractivity contribution in [2.45, 2.75) is 58.9 Å². The molecule has 202 valence electrons. The van der Waals surface area contributed by atoms with Gasteiger partial charge < -0.3 is 19.7 Å². The molecule has 0 spiro atoms. The van der Waals surface area contributed by atoms with E-state index >= 15 is 0 Å². The van der Waals surface area contributed by atoms with E-state index in [1.165, 1.54) is 0 Å². The van der Waals surface area contributed by atoms with Crippen molar-refractivity contribution in [2.75, 3.05) is 0 Å². The molecule has 0 aromatic heterocycles. The minimum absolute atomic E-state index is 0.0310. The van der Waals surface area contributed by atoms with Crippen LogP contribution in [0.15, 0.2) is 54.6 Å². The highest BCUT2D eigenvalue weighted by Crippen LogP contribution is 2.40. The Bertz CT molecular complexity index is 1320. The molecule has 0 fully saturated rings. The van der Waals surface area contributed by atoms with Gasteiger partial charge in [0.25, 0.3) is 0 Å². The number of aliphatic carboxylic acids is 1. The number of carbonyl (C=O) groups is 2. The molecular weight excluding hydrogens is 501 g/mol. The van der Waals surface area contributed by atoms with Crippen molar-refractivity contribution in [1.29, 1.82) is 0 Å². The molecule has 0 atom stereocenters. The summed E-state index contributed by atoms with van der Waals surface area (Å²) in [6.07, 6.45) is -4.31. The van der Waals surface area contributed by atoms with Gasteiger partial charge in [0.2, 0.25) is 0 Å². The fourth-order valence-electron chi connectivity index (χ4n) is 4.08. The van der Waals surface area contributed by atoms with Crippen LogP contribution >= 0.6 is 0 Å². The molecule has 9 heteroatoms. The van der Waals surface area contributed by atoms with Gasteiger partial charge in [-0.1, -0.05) is 43.3 Å². The van der Waals surface area contributed by atoms with Crippen LogP contribution in [0, 0.1) is 0 Å². The second-order valence-electron chi connectivity index (χ2n) is 9.68. The number of hydrogen-bond acceptors (Lipinski definition) is 5. The number of hydrogen-bond donors (Lipinski definition) is 2. The van der Waals surface area contributed by atoms with E-state index in [9.17, 15) is 33.0 Å². The summed E-state index contributed by atoms with van der Waals surface area (Å²) >= 11 is 0. The SMILES string of the molecule is CCc1c(CC(=O)O)cccc1-c1ccc(OCc2ccc(C(F)(F)F)c(O)c2C(=O)OC(C)(C)C)cc1. The molecule has 0 radical (unpaired) electrons. The maximum atomic E-state index is 13.4. The van der Waals surface area contributed by atoms with Gasteiger partial charge in [0, 0.05) is 5.56 Å². The highest BCUT2D eigenvalue weighted by Gasteiger charge is 2.37. The molecule has 0 aliphatic heterocycles. The Hall–Kier alpha value is -4.01. The summed E-state index contributed by atoms with van der Waals surface area (Å²) < 4.78 is 51.0. The van der Waals surface area contributed by atoms with Crippen molar-refractivity contribution in [1.82, 2.24) is 0 Å². The number of aromatic hydroxyl groups is 1. The third kappa shape index (κ3) is 6.85. The van der Waals surface area contributed by atoms with Crippen molar-refractivity contribution in [3.05, 3.63) is 82.4 Å². The van der Waals surface area contributed by atoms with Gasteiger partial charge >= 0.3 is 18.1 Å². The van der Waals surface area contributed by atoms with Crippen LogP contribution in [0.5, 0.6) is 11.5 Å². The number of carboxylic acids is 1. The molecule has 2 N–H and O–H groups in total. The van der Waals surface area contributed by atoms with Crippen molar-refractivity contribution in [3.8, 4) is 22.6 Å². The van der Waals surface area contributed by atoms with E-state index < -0.39 is 40.6 Å². The van der Waals surface area contributed by atoms with Gasteiger partial charge in [0.1, 0.15) is 29.3 Å². The first-order chi connectivity index (χ1) is 17.7. The molecule has 0 saturated heterocycles. The normalized spacial score (nSPS) is 11.8. The number of ether oxygens (including phenoxy) is 2. The zero-order valence-corrected chi connectivity index (χ0v) is 21.5. The molecule has 0 unspecified atom stereocenters. The van der Waals surface area contributed by atoms with Gasteiger partial charge in [-0.05, 0) is 67.6 Å². The molecule has 3 aromatic carbocycles. The fourth-order valence-corrected chi connectivity index (χ4v) is 4.08. The number of carbonyl (C=O) groups excluding carboxylic acids is 1. The molecule has 0 bridgehead atoms. The van der Waals surface area contributed by atoms with Crippen LogP contribution in [0.1, 0.15) is 60.3 Å². The molecule has 0 saturated carbocycles. The summed E-state index contributed by atoms with van der Waals surface area (Å²) in [5.74, 6) is -2.84. The molecule has 0 amide bonds. The van der Waals surface area contributed by atoms with E-state index in [4.69, 9.17) is 9.47 Å². The molecule has 6 nitrogen and oxygen atoms in total. The lowest BCUT2D eigenvalue weighted by molar-refractivity contribution is -0.139. The van der Waals surface area contributed by atoms with E-state index in [0.29, 0.717) is 18.2 Å². The Balaban J connectivity index is 1.88. The van der Waals surface area contributed by atoms with Gasteiger partial charge in [0.05, 0.1) is 12.0 Å². The van der Waals surface area contributed by atoms with Crippen LogP contribution in [0.4, 0.5) is 13.2 Å². The van der Waals surface area contributed by atoms with Gasteiger partial charge in [-0.25, -0.2) is 4.79 Å². The quantitative estimate of drug-likeness (QED) is 0.311. The lowest BCUT2D eigenvalue weighted by atomic mass is 9.92. The smallest absolute Gasteiger partial charge is 0.419 e. The van der Waals surface area contributed by atoms with Crippen LogP contribution in [0.25, 0.3) is 11.1 Å². The first kappa shape index (κ1) is 28.6. The van der Waals surface area contributed by atoms with Gasteiger partial charge in [-0.3, -0.25) is 4.79 Å². The number of halogens is 3. The summed E-state index contributed by atoms with van der Waals surface area (Å²) in [7, 11) is 0. The molecule has 0 aliphatic carbocycles. The maximum Gasteiger partial charge on any atom is 0.419 e. The van der Waals surface area contributed by atoms with Crippen LogP contribution in [0.3, 0.4) is 0 Å². The molecule has 3 aromatic rings. The average Bonchev–Trinajstić information content (AvgIpc) is 2.80. The van der Waals surface area contributed by atoms with Gasteiger partial charge in [-0.15, -0.1) is 0 Å². The van der Waals surface area contributed by atoms with Crippen molar-refractivity contribution >= 4 is 11.9 Å². The van der Waals surface area contributed by atoms with Crippen molar-refractivity contribution in [3.63, 3.8) is 0 Å². The second-order valence-corrected chi connectivity index (χ2v) is 9.68. The summed E-state index contributed by atoms with van der Waals surface area (Å²) in [6, 6.07) is 14.2. The number of benzene rings is 3. The topological polar surface area (TPSA) is 93.1 Å². The van der Waals surface area contributed by atoms with Gasteiger partial charge in [-0.2, -0.15) is 13.2 Å². The largest absolute Gasteiger partial charge is 0.506 e. The Morgan fingerprint density at radius 2 is 1.58 bits per heavy atom. The third-order valence-corrected chi connectivity index (χ3v) is 5.70. The zero-order valence-electron chi connectivity index (χ0n) is 21.5. The molecular formula is C29H29F3O6. The standard InChI is InChI=1S/C29H29F3O6/c1-5-21-18(15-24(33)34)7-6-8-22(21)17-9-12-20(13-10-17)37-16-19-11-14-23(29(30,31)32)26(35)25(19)27(36)38-28(2,3)4/h6-14,35H,5,15-16H2,1-4H3,(H,33,34). The number of phenolic OH excluding ortho intramolecular Hbond substituents is 1. The first-order valence-corrected chi connectivity index (χ1v) is 11.9. The predicted octanol–water partition coefficient (Wildman–Crippen LogP) is 6.80. The Morgan fingerprint density at radius 3 is 2.13 bits per heavy atom. The van der Waals surface area contributed by atoms with Crippen LogP contribution in [-0.2, 0) is 35.2 Å². The Kier molecular flexibility index (Phi) is 8.39. The molecule has 38 heavy (non-hydrogen) atoms. The van der Waals surface area contributed by atoms with E-state index in [0.717, 1.165) is 28.3 Å². The first-order valence-electron chi connectivity index (χ1n) is 11.9. The summed E-state index contributed by atoms with van der Waals surface area (Å²) in [5.41, 5.74) is 0.465. The molecule has 0 heterocycles. The van der Waals surface area contributed by atoms with Gasteiger partial charge in [0.15, 0.2) is 0 Å². The Morgan fingerprint density at radius 1 is 0.921 bits per heavy atom. The van der Waals surface area contributed by atoms with E-state index in [1.807, 2.05) is 13.0 Å². The zero-order chi connectivity index (χ0) is 28.3. The van der Waals surface area contributed by atoms with E-state index in [-0.39, 0.29) is 18.6 Å². The number of alkyl halides is 3. The average molecular weight is 531 g/mol. The number of esters is 1. The van der Waals surface area contributed by atoms with Crippen LogP contribution in [0.2, 0.25) is 0 Å². The summed E-state index contributed by atoms with van der Waals surface area (Å²) in [5, 5.41) is 19.5. The van der Waals surface area contributed by atoms with Crippen LogP contribution < -0.4 is 4.74 Å². The number of carboxylic acid groups (broad SMARTS) is 1. The van der Waals surface area contributed by atoms with Crippen LogP contribution in [-0.4, -0.2) is 27.8 Å². The third-order valence-electron chi connectivity index (χ3n) is 5.70. The lowest BCUT2D eigenvalue weighted by Crippen LogP contribution is -2.25. The van der Waals surface area contributed by atoms with E-state index in [1.54, 1.807) is 57.2 Å². The Labute approximate surface area is 218 Å². The minimum Gasteiger partial charge on any atom is -0.506 e. The molecule has 0 aliphatic rings. The predicted molar refractivity (Wildman–Crippen MR) is 135 cm³/mol. The highest BCUT2D eigenvalue weighted by molar-refractivity contribution is 5.95. The van der Waals surface area contributed by atoms with Crippen molar-refractivity contribution in [2.24, 2.45) is 0 Å². The van der Waals surface area contributed by atoms with Crippen molar-refractivity contribution < 1.29 is 42.4 Å². The second kappa shape index (κ2) is 11.2. The number of phenols is 1. The minimum atomic E-state index is -4.87. The summed E-state index contributed by atoms with van der Waals surface area (Å²) in [6.45, 7) is 6.34. The lowest BCUT2D eigenvalue weighted by Gasteiger charge is -2.22.